The zero-order valence-corrected chi connectivity index (χ0v) is 34.2. The predicted octanol–water partition coefficient (Wildman–Crippen LogP) is 2.45. The van der Waals surface area contributed by atoms with Gasteiger partial charge in [0.25, 0.3) is 0 Å². The summed E-state index contributed by atoms with van der Waals surface area (Å²) in [4.78, 5) is 77.0. The highest BCUT2D eigenvalue weighted by Crippen LogP contribution is 2.59. The second-order valence-corrected chi connectivity index (χ2v) is 17.5. The van der Waals surface area contributed by atoms with E-state index in [-0.39, 0.29) is 39.1 Å². The fraction of sp³-hybridized carbons (Fsp3) is 0.457. The molecule has 4 heterocycles. The maximum atomic E-state index is 15.5. The van der Waals surface area contributed by atoms with Crippen molar-refractivity contribution in [1.29, 1.82) is 0 Å². The van der Waals surface area contributed by atoms with Crippen molar-refractivity contribution in [2.45, 2.75) is 94.5 Å². The maximum Gasteiger partial charge on any atom is 0.348 e. The first-order chi connectivity index (χ1) is 29.3. The number of hydroxylamine groups is 2. The standard InChI is InChI=1S/C46H49N3O12/c1-44(2)26-56-42(54)39(44)58-34(51)17-16-28-12-9-13-29(20-28)25-49-37-41(53)57-33-24-46(37,43(55)48(3)32(40(52)47-18-19-50)21-27-10-5-4-6-11-27)38(61-49)36-35(33)59-45(60-36)22-30-14-7-8-15-31(30)23-45/h4-17,20,32-33,35-39,50H,18-19,21-26H2,1-3H3,(H,47,52)/t32-,33-,35+,36+,37+,38-,39+,46+/m1/s1. The SMILES string of the molecule is CN(C(=O)[C@@]12C[C@H]3OC(=O)[C@@H]1N(Cc1cccc(C=CC(=O)O[C@H]4C(=O)OCC4(C)C)c1)O[C@@H]2[C@H]1OC2(Cc4ccccc4C2)O[C@H]13)[C@H](Cc1ccccc1)C(=O)NCCO. The molecule has 6 aliphatic rings. The maximum absolute atomic E-state index is 15.5. The summed E-state index contributed by atoms with van der Waals surface area (Å²) in [6.45, 7) is 3.47. The average Bonchev–Trinajstić information content (AvgIpc) is 3.98. The van der Waals surface area contributed by atoms with Crippen LogP contribution < -0.4 is 5.32 Å². The fourth-order valence-electron chi connectivity index (χ4n) is 9.98. The van der Waals surface area contributed by atoms with Crippen molar-refractivity contribution in [3.8, 4) is 0 Å². The molecule has 15 heteroatoms. The molecular weight excluding hydrogens is 787 g/mol. The third-order valence-electron chi connectivity index (χ3n) is 12.9. The van der Waals surface area contributed by atoms with Crippen LogP contribution in [-0.2, 0) is 78.3 Å². The monoisotopic (exact) mass is 835 g/mol. The minimum absolute atomic E-state index is 0.00396. The van der Waals surface area contributed by atoms with Crippen molar-refractivity contribution in [3.05, 3.63) is 113 Å². The fourth-order valence-corrected chi connectivity index (χ4v) is 9.98. The number of ether oxygens (including phenoxy) is 5. The molecule has 5 fully saturated rings. The van der Waals surface area contributed by atoms with Gasteiger partial charge in [0, 0.05) is 50.8 Å². The Bertz CT molecular complexity index is 2240. The number of nitrogens with one attached hydrogen (secondary N) is 1. The van der Waals surface area contributed by atoms with Crippen molar-refractivity contribution in [2.75, 3.05) is 26.8 Å². The summed E-state index contributed by atoms with van der Waals surface area (Å²) in [7, 11) is 1.56. The van der Waals surface area contributed by atoms with Crippen molar-refractivity contribution in [3.63, 3.8) is 0 Å². The lowest BCUT2D eigenvalue weighted by Crippen LogP contribution is -2.70. The van der Waals surface area contributed by atoms with Crippen LogP contribution >= 0.6 is 0 Å². The number of nitrogens with zero attached hydrogens (tertiary/aromatic N) is 2. The first-order valence-corrected chi connectivity index (χ1v) is 20.7. The molecule has 2 N–H and O–H groups in total. The zero-order chi connectivity index (χ0) is 42.7. The van der Waals surface area contributed by atoms with Gasteiger partial charge in [-0.3, -0.25) is 19.2 Å². The molecule has 61 heavy (non-hydrogen) atoms. The van der Waals surface area contributed by atoms with Gasteiger partial charge >= 0.3 is 17.9 Å². The third kappa shape index (κ3) is 7.31. The topological polar surface area (TPSA) is 179 Å². The lowest BCUT2D eigenvalue weighted by Gasteiger charge is -2.50. The Balaban J connectivity index is 1.03. The molecule has 2 amide bonds. The van der Waals surface area contributed by atoms with Crippen LogP contribution in [-0.4, -0.2) is 120 Å². The molecule has 320 valence electrons. The second-order valence-electron chi connectivity index (χ2n) is 17.5. The lowest BCUT2D eigenvalue weighted by atomic mass is 9.62. The van der Waals surface area contributed by atoms with Crippen molar-refractivity contribution >= 4 is 35.8 Å². The molecule has 2 bridgehead atoms. The van der Waals surface area contributed by atoms with Gasteiger partial charge in [-0.15, -0.1) is 0 Å². The number of carbonyl (C=O) groups excluding carboxylic acids is 5. The summed E-state index contributed by atoms with van der Waals surface area (Å²) in [6.07, 6.45) is -0.435. The molecule has 2 aliphatic carbocycles. The van der Waals surface area contributed by atoms with E-state index in [1.54, 1.807) is 39.1 Å². The summed E-state index contributed by atoms with van der Waals surface area (Å²) >= 11 is 0. The predicted molar refractivity (Wildman–Crippen MR) is 214 cm³/mol. The van der Waals surface area contributed by atoms with Crippen LogP contribution in [0.2, 0.25) is 0 Å². The number of amides is 2. The number of hydrogen-bond donors (Lipinski definition) is 2. The van der Waals surface area contributed by atoms with E-state index in [2.05, 4.69) is 5.32 Å². The molecule has 3 aromatic rings. The number of esters is 3. The summed E-state index contributed by atoms with van der Waals surface area (Å²) in [6, 6.07) is 22.3. The van der Waals surface area contributed by atoms with E-state index in [1.165, 1.54) is 16.0 Å². The van der Waals surface area contributed by atoms with Crippen LogP contribution in [0.4, 0.5) is 0 Å². The van der Waals surface area contributed by atoms with Gasteiger partial charge in [-0.05, 0) is 33.9 Å². The Kier molecular flexibility index (Phi) is 10.6. The Morgan fingerprint density at radius 2 is 1.66 bits per heavy atom. The van der Waals surface area contributed by atoms with Crippen LogP contribution in [0.1, 0.15) is 48.1 Å². The van der Waals surface area contributed by atoms with Gasteiger partial charge in [0.15, 0.2) is 11.8 Å². The number of fused-ring (bicyclic) bond motifs is 5. The molecule has 15 nitrogen and oxygen atoms in total. The minimum Gasteiger partial charge on any atom is -0.462 e. The van der Waals surface area contributed by atoms with Crippen LogP contribution in [0.15, 0.2) is 84.9 Å². The molecule has 9 rings (SSSR count). The number of aliphatic hydroxyl groups excluding tert-OH is 1. The highest BCUT2D eigenvalue weighted by molar-refractivity contribution is 5.96. The van der Waals surface area contributed by atoms with Crippen molar-refractivity contribution < 1.29 is 57.6 Å². The summed E-state index contributed by atoms with van der Waals surface area (Å²) < 4.78 is 30.4. The number of aliphatic hydroxyl groups is 1. The normalized spacial score (nSPS) is 29.4. The van der Waals surface area contributed by atoms with E-state index in [4.69, 9.17) is 28.5 Å². The van der Waals surface area contributed by atoms with Crippen molar-refractivity contribution in [2.24, 2.45) is 10.8 Å². The van der Waals surface area contributed by atoms with E-state index in [1.807, 2.05) is 66.7 Å². The minimum atomic E-state index is -1.56. The van der Waals surface area contributed by atoms with Gasteiger partial charge in [-0.25, -0.2) is 9.59 Å². The van der Waals surface area contributed by atoms with E-state index < -0.39 is 88.9 Å². The Labute approximate surface area is 352 Å². The van der Waals surface area contributed by atoms with Crippen LogP contribution in [0, 0.1) is 10.8 Å². The molecule has 3 aromatic carbocycles. The third-order valence-corrected chi connectivity index (χ3v) is 12.9. The Hall–Kier alpha value is -5.45. The first-order valence-electron chi connectivity index (χ1n) is 20.7. The highest BCUT2D eigenvalue weighted by atomic mass is 16.8. The quantitative estimate of drug-likeness (QED) is 0.155. The van der Waals surface area contributed by atoms with Crippen molar-refractivity contribution in [1.82, 2.24) is 15.3 Å². The van der Waals surface area contributed by atoms with Gasteiger partial charge in [-0.2, -0.15) is 5.06 Å². The summed E-state index contributed by atoms with van der Waals surface area (Å²) in [5.74, 6) is -3.94. The average molecular weight is 836 g/mol. The molecule has 4 saturated heterocycles. The smallest absolute Gasteiger partial charge is 0.348 e. The molecule has 4 aliphatic heterocycles. The number of likely N-dealkylation sites (N-methyl/N-ethyl adjacent to an activating group) is 1. The molecule has 0 unspecified atom stereocenters. The largest absolute Gasteiger partial charge is 0.462 e. The van der Waals surface area contributed by atoms with E-state index in [9.17, 15) is 24.3 Å². The van der Waals surface area contributed by atoms with E-state index in [0.717, 1.165) is 16.7 Å². The second kappa shape index (κ2) is 15.8. The van der Waals surface area contributed by atoms with E-state index in [0.29, 0.717) is 24.0 Å². The van der Waals surface area contributed by atoms with E-state index >= 15 is 4.79 Å². The Morgan fingerprint density at radius 1 is 0.951 bits per heavy atom. The summed E-state index contributed by atoms with van der Waals surface area (Å²) in [5.41, 5.74) is 2.09. The summed E-state index contributed by atoms with van der Waals surface area (Å²) in [5, 5.41) is 13.8. The van der Waals surface area contributed by atoms with Gasteiger partial charge < -0.3 is 39.0 Å². The van der Waals surface area contributed by atoms with Crippen LogP contribution in [0.5, 0.6) is 0 Å². The van der Waals surface area contributed by atoms with Crippen LogP contribution in [0.25, 0.3) is 6.08 Å². The van der Waals surface area contributed by atoms with Gasteiger partial charge in [0.2, 0.25) is 17.9 Å². The van der Waals surface area contributed by atoms with Crippen LogP contribution in [0.3, 0.4) is 0 Å². The number of rotatable bonds is 12. The first kappa shape index (κ1) is 40.9. The molecular formula is C46H49N3O12. The number of cyclic esters (lactones) is 1. The van der Waals surface area contributed by atoms with Gasteiger partial charge in [0.1, 0.15) is 42.5 Å². The number of carbonyl (C=O) groups is 5. The Morgan fingerprint density at radius 3 is 2.36 bits per heavy atom. The molecule has 0 radical (unpaired) electrons. The zero-order valence-electron chi connectivity index (χ0n) is 34.2. The van der Waals surface area contributed by atoms with Gasteiger partial charge in [0.05, 0.1) is 13.2 Å². The number of benzene rings is 3. The molecule has 8 atom stereocenters. The molecule has 0 aromatic heterocycles. The number of hydrogen-bond acceptors (Lipinski definition) is 13. The lowest BCUT2D eigenvalue weighted by molar-refractivity contribution is -0.218. The molecule has 1 spiro atoms. The molecule has 1 saturated carbocycles. The van der Waals surface area contributed by atoms with Gasteiger partial charge in [-0.1, -0.05) is 92.7 Å². The highest BCUT2D eigenvalue weighted by Gasteiger charge is 2.77.